The van der Waals surface area contributed by atoms with Crippen molar-refractivity contribution in [3.63, 3.8) is 0 Å². The van der Waals surface area contributed by atoms with E-state index in [0.29, 0.717) is 11.5 Å². The maximum atomic E-state index is 13.4. The lowest BCUT2D eigenvalue weighted by molar-refractivity contribution is 0.390. The van der Waals surface area contributed by atoms with E-state index in [0.717, 1.165) is 16.7 Å². The molecule has 0 unspecified atom stereocenters. The lowest BCUT2D eigenvalue weighted by Crippen LogP contribution is -2.06. The van der Waals surface area contributed by atoms with Crippen molar-refractivity contribution in [2.75, 3.05) is 14.2 Å². The smallest absolute Gasteiger partial charge is 0.126 e. The molecule has 0 saturated carbocycles. The lowest BCUT2D eigenvalue weighted by Gasteiger charge is -2.22. The van der Waals surface area contributed by atoms with Gasteiger partial charge in [0.1, 0.15) is 23.1 Å². The second-order valence-corrected chi connectivity index (χ2v) is 5.64. The maximum Gasteiger partial charge on any atom is 0.126 e. The fraction of sp³-hybridized carbons (Fsp3) is 0.143. The summed E-state index contributed by atoms with van der Waals surface area (Å²) in [7, 11) is 3.18. The Kier molecular flexibility index (Phi) is 4.98. The van der Waals surface area contributed by atoms with Gasteiger partial charge in [0.25, 0.3) is 0 Å². The van der Waals surface area contributed by atoms with Crippen LogP contribution in [0.1, 0.15) is 22.6 Å². The fourth-order valence-electron chi connectivity index (χ4n) is 2.92. The second-order valence-electron chi connectivity index (χ2n) is 5.64. The third-order valence-corrected chi connectivity index (χ3v) is 4.16. The van der Waals surface area contributed by atoms with Gasteiger partial charge in [-0.2, -0.15) is 0 Å². The summed E-state index contributed by atoms with van der Waals surface area (Å²) >= 11 is 0. The Labute approximate surface area is 145 Å². The van der Waals surface area contributed by atoms with Crippen molar-refractivity contribution in [1.82, 2.24) is 0 Å². The highest BCUT2D eigenvalue weighted by Crippen LogP contribution is 2.38. The molecule has 25 heavy (non-hydrogen) atoms. The van der Waals surface area contributed by atoms with Gasteiger partial charge in [-0.3, -0.25) is 0 Å². The van der Waals surface area contributed by atoms with Crippen molar-refractivity contribution in [2.45, 2.75) is 5.92 Å². The molecule has 0 heterocycles. The van der Waals surface area contributed by atoms with Gasteiger partial charge in [0.2, 0.25) is 0 Å². The van der Waals surface area contributed by atoms with Crippen molar-refractivity contribution in [1.29, 1.82) is 0 Å². The maximum absolute atomic E-state index is 13.4. The van der Waals surface area contributed by atoms with Crippen LogP contribution in [-0.2, 0) is 0 Å². The van der Waals surface area contributed by atoms with Gasteiger partial charge < -0.3 is 9.47 Å². The van der Waals surface area contributed by atoms with Crippen LogP contribution in [0.4, 0.5) is 8.78 Å². The summed E-state index contributed by atoms with van der Waals surface area (Å²) in [6.45, 7) is 0. The molecular formula is C21H18F2O2. The summed E-state index contributed by atoms with van der Waals surface area (Å²) in [5, 5.41) is 0. The van der Waals surface area contributed by atoms with Crippen LogP contribution in [-0.4, -0.2) is 14.2 Å². The first-order chi connectivity index (χ1) is 12.1. The Bertz CT molecular complexity index is 797. The van der Waals surface area contributed by atoms with Crippen molar-refractivity contribution in [2.24, 2.45) is 0 Å². The summed E-state index contributed by atoms with van der Waals surface area (Å²) in [6, 6.07) is 18.1. The van der Waals surface area contributed by atoms with Gasteiger partial charge in [-0.25, -0.2) is 8.78 Å². The zero-order valence-corrected chi connectivity index (χ0v) is 14.0. The molecule has 0 aliphatic rings. The summed E-state index contributed by atoms with van der Waals surface area (Å²) in [5.74, 6) is 0.504. The first-order valence-electron chi connectivity index (χ1n) is 7.85. The molecule has 0 amide bonds. The molecule has 0 aliphatic carbocycles. The lowest BCUT2D eigenvalue weighted by atomic mass is 9.84. The summed E-state index contributed by atoms with van der Waals surface area (Å²) < 4.78 is 37.5. The Hall–Kier alpha value is -2.88. The summed E-state index contributed by atoms with van der Waals surface area (Å²) in [5.41, 5.74) is 2.66. The van der Waals surface area contributed by atoms with Crippen LogP contribution in [0.15, 0.2) is 66.7 Å². The molecule has 0 fully saturated rings. The third-order valence-electron chi connectivity index (χ3n) is 4.16. The van der Waals surface area contributed by atoms with E-state index in [1.54, 1.807) is 44.6 Å². The molecule has 0 spiro atoms. The molecule has 3 aromatic carbocycles. The zero-order valence-electron chi connectivity index (χ0n) is 14.0. The molecule has 0 saturated heterocycles. The number of benzene rings is 3. The Morgan fingerprint density at radius 2 is 1.20 bits per heavy atom. The molecule has 0 aliphatic heterocycles. The normalized spacial score (nSPS) is 10.8. The SMILES string of the molecule is COc1ccc(C(c2ccc(F)cc2)c2ccc(F)cc2)c(OC)c1. The van der Waals surface area contributed by atoms with E-state index in [-0.39, 0.29) is 17.6 Å². The molecule has 0 N–H and O–H groups in total. The van der Waals surface area contributed by atoms with Crippen LogP contribution in [0.25, 0.3) is 0 Å². The summed E-state index contributed by atoms with van der Waals surface area (Å²) in [4.78, 5) is 0. The topological polar surface area (TPSA) is 18.5 Å². The zero-order chi connectivity index (χ0) is 17.8. The molecule has 0 atom stereocenters. The predicted molar refractivity (Wildman–Crippen MR) is 93.3 cm³/mol. The van der Waals surface area contributed by atoms with Crippen LogP contribution < -0.4 is 9.47 Å². The first kappa shape index (κ1) is 17.0. The van der Waals surface area contributed by atoms with Gasteiger partial charge in [0.05, 0.1) is 14.2 Å². The Balaban J connectivity index is 2.17. The van der Waals surface area contributed by atoms with E-state index < -0.39 is 0 Å². The monoisotopic (exact) mass is 340 g/mol. The van der Waals surface area contributed by atoms with Gasteiger partial charge in [0.15, 0.2) is 0 Å². The molecule has 3 aromatic rings. The van der Waals surface area contributed by atoms with Gasteiger partial charge in [-0.1, -0.05) is 30.3 Å². The second kappa shape index (κ2) is 7.34. The van der Waals surface area contributed by atoms with Crippen LogP contribution in [0, 0.1) is 11.6 Å². The molecule has 2 nitrogen and oxygen atoms in total. The van der Waals surface area contributed by atoms with Crippen LogP contribution in [0.2, 0.25) is 0 Å². The first-order valence-corrected chi connectivity index (χ1v) is 7.85. The molecular weight excluding hydrogens is 322 g/mol. The number of methoxy groups -OCH3 is 2. The van der Waals surface area contributed by atoms with E-state index in [1.807, 2.05) is 12.1 Å². The predicted octanol–water partition coefficient (Wildman–Crippen LogP) is 5.16. The highest BCUT2D eigenvalue weighted by molar-refractivity contribution is 5.51. The molecule has 3 rings (SSSR count). The van der Waals surface area contributed by atoms with E-state index in [9.17, 15) is 8.78 Å². The van der Waals surface area contributed by atoms with E-state index in [4.69, 9.17) is 9.47 Å². The minimum atomic E-state index is -0.302. The van der Waals surface area contributed by atoms with Crippen molar-refractivity contribution < 1.29 is 18.3 Å². The Morgan fingerprint density at radius 3 is 1.64 bits per heavy atom. The summed E-state index contributed by atoms with van der Waals surface area (Å²) in [6.07, 6.45) is 0. The number of hydrogen-bond acceptors (Lipinski definition) is 2. The van der Waals surface area contributed by atoms with E-state index in [1.165, 1.54) is 24.3 Å². The fourth-order valence-corrected chi connectivity index (χ4v) is 2.92. The largest absolute Gasteiger partial charge is 0.497 e. The van der Waals surface area contributed by atoms with Crippen LogP contribution in [0.5, 0.6) is 11.5 Å². The van der Waals surface area contributed by atoms with E-state index in [2.05, 4.69) is 0 Å². The van der Waals surface area contributed by atoms with Gasteiger partial charge in [-0.15, -0.1) is 0 Å². The highest BCUT2D eigenvalue weighted by Gasteiger charge is 2.21. The van der Waals surface area contributed by atoms with Crippen LogP contribution in [0.3, 0.4) is 0 Å². The molecule has 4 heteroatoms. The number of halogens is 2. The average molecular weight is 340 g/mol. The molecule has 0 radical (unpaired) electrons. The number of ether oxygens (including phenoxy) is 2. The van der Waals surface area contributed by atoms with Crippen molar-refractivity contribution in [3.8, 4) is 11.5 Å². The number of hydrogen-bond donors (Lipinski definition) is 0. The molecule has 0 aromatic heterocycles. The van der Waals surface area contributed by atoms with Crippen LogP contribution >= 0.6 is 0 Å². The van der Waals surface area contributed by atoms with Gasteiger partial charge in [-0.05, 0) is 41.5 Å². The number of rotatable bonds is 5. The van der Waals surface area contributed by atoms with Gasteiger partial charge in [0, 0.05) is 17.5 Å². The molecule has 0 bridgehead atoms. The van der Waals surface area contributed by atoms with E-state index >= 15 is 0 Å². The highest BCUT2D eigenvalue weighted by atomic mass is 19.1. The Morgan fingerprint density at radius 1 is 0.680 bits per heavy atom. The quantitative estimate of drug-likeness (QED) is 0.597. The third kappa shape index (κ3) is 3.63. The van der Waals surface area contributed by atoms with Crippen molar-refractivity contribution >= 4 is 0 Å². The van der Waals surface area contributed by atoms with Crippen molar-refractivity contribution in [3.05, 3.63) is 95.1 Å². The average Bonchev–Trinajstić information content (AvgIpc) is 2.65. The molecule has 128 valence electrons. The minimum Gasteiger partial charge on any atom is -0.497 e. The standard InChI is InChI=1S/C21H18F2O2/c1-24-18-11-12-19(20(13-18)25-2)21(14-3-7-16(22)8-4-14)15-5-9-17(23)10-6-15/h3-13,21H,1-2H3. The minimum absolute atomic E-state index is 0.220. The van der Waals surface area contributed by atoms with Gasteiger partial charge >= 0.3 is 0 Å².